The lowest BCUT2D eigenvalue weighted by molar-refractivity contribution is -0.385. The van der Waals surface area contributed by atoms with Gasteiger partial charge in [-0.2, -0.15) is 0 Å². The summed E-state index contributed by atoms with van der Waals surface area (Å²) in [4.78, 5) is 39.7. The number of carbonyl (C=O) groups excluding carboxylic acids is 2. The second kappa shape index (κ2) is 11.3. The van der Waals surface area contributed by atoms with E-state index in [9.17, 15) is 19.7 Å². The minimum absolute atomic E-state index is 0.144. The third-order valence-corrected chi connectivity index (χ3v) is 5.26. The van der Waals surface area contributed by atoms with Gasteiger partial charge in [0, 0.05) is 37.6 Å². The van der Waals surface area contributed by atoms with Crippen molar-refractivity contribution >= 4 is 28.9 Å². The van der Waals surface area contributed by atoms with Crippen LogP contribution in [0.5, 0.6) is 11.5 Å². The molecule has 34 heavy (non-hydrogen) atoms. The van der Waals surface area contributed by atoms with Crippen molar-refractivity contribution in [3.63, 3.8) is 0 Å². The lowest BCUT2D eigenvalue weighted by atomic mass is 10.1. The van der Waals surface area contributed by atoms with Crippen LogP contribution in [0.4, 0.5) is 17.1 Å². The molecule has 0 aliphatic carbocycles. The second-order valence-corrected chi connectivity index (χ2v) is 7.57. The van der Waals surface area contributed by atoms with Gasteiger partial charge in [0.15, 0.2) is 11.5 Å². The third kappa shape index (κ3) is 5.93. The molecule has 2 aromatic carbocycles. The maximum atomic E-state index is 13.0. The molecule has 1 aliphatic heterocycles. The number of nitrogens with zero attached hydrogens (tertiary/aromatic N) is 3. The fraction of sp³-hybridized carbons (Fsp3) is 0.391. The zero-order chi connectivity index (χ0) is 24.7. The van der Waals surface area contributed by atoms with E-state index in [1.54, 1.807) is 19.1 Å². The highest BCUT2D eigenvalue weighted by Crippen LogP contribution is 2.35. The first kappa shape index (κ1) is 24.8. The molecule has 1 aliphatic rings. The molecular weight excluding hydrogens is 444 g/mol. The Morgan fingerprint density at radius 2 is 1.85 bits per heavy atom. The highest BCUT2D eigenvalue weighted by molar-refractivity contribution is 6.02. The Balaban J connectivity index is 1.68. The Morgan fingerprint density at radius 1 is 1.18 bits per heavy atom. The molecule has 0 spiro atoms. The van der Waals surface area contributed by atoms with Crippen LogP contribution in [0.1, 0.15) is 17.3 Å². The summed E-state index contributed by atoms with van der Waals surface area (Å²) in [5.74, 6) is -0.771. The highest BCUT2D eigenvalue weighted by Gasteiger charge is 2.27. The molecule has 1 N–H and O–H groups in total. The van der Waals surface area contributed by atoms with E-state index < -0.39 is 22.4 Å². The van der Waals surface area contributed by atoms with Crippen LogP contribution in [0.2, 0.25) is 0 Å². The van der Waals surface area contributed by atoms with Crippen molar-refractivity contribution in [2.24, 2.45) is 0 Å². The Labute approximate surface area is 197 Å². The first-order valence-corrected chi connectivity index (χ1v) is 10.8. The Kier molecular flexibility index (Phi) is 8.25. The van der Waals surface area contributed by atoms with E-state index in [4.69, 9.17) is 14.2 Å². The van der Waals surface area contributed by atoms with Gasteiger partial charge in [-0.15, -0.1) is 0 Å². The summed E-state index contributed by atoms with van der Waals surface area (Å²) < 4.78 is 15.9. The van der Waals surface area contributed by atoms with Crippen molar-refractivity contribution in [1.82, 2.24) is 4.90 Å². The number of morpholine rings is 1. The highest BCUT2D eigenvalue weighted by atomic mass is 16.6. The maximum Gasteiger partial charge on any atom is 0.286 e. The molecule has 1 fully saturated rings. The minimum Gasteiger partial charge on any atom is -0.493 e. The molecule has 0 atom stereocenters. The molecule has 1 heterocycles. The van der Waals surface area contributed by atoms with Gasteiger partial charge in [-0.25, -0.2) is 0 Å². The number of nitrogens with one attached hydrogen (secondary N) is 1. The van der Waals surface area contributed by atoms with Crippen LogP contribution in [0.3, 0.4) is 0 Å². The summed E-state index contributed by atoms with van der Waals surface area (Å²) in [5.41, 5.74) is 0.984. The molecular formula is C23H28N4O7. The number of ether oxygens (including phenoxy) is 3. The van der Waals surface area contributed by atoms with Crippen molar-refractivity contribution in [3.05, 3.63) is 52.1 Å². The van der Waals surface area contributed by atoms with E-state index in [-0.39, 0.29) is 30.2 Å². The van der Waals surface area contributed by atoms with Gasteiger partial charge in [0.1, 0.15) is 5.56 Å². The number of likely N-dealkylation sites (N-methyl/N-ethyl adjacent to an activating group) is 1. The zero-order valence-corrected chi connectivity index (χ0v) is 19.4. The number of hydrogen-bond acceptors (Lipinski definition) is 8. The molecule has 182 valence electrons. The van der Waals surface area contributed by atoms with Gasteiger partial charge in [-0.05, 0) is 31.2 Å². The molecule has 1 saturated heterocycles. The van der Waals surface area contributed by atoms with Crippen LogP contribution in [-0.2, 0) is 9.53 Å². The molecule has 2 aromatic rings. The summed E-state index contributed by atoms with van der Waals surface area (Å²) in [5, 5.41) is 14.3. The number of nitro benzene ring substituents is 1. The quantitative estimate of drug-likeness (QED) is 0.436. The molecule has 3 rings (SSSR count). The number of rotatable bonds is 9. The molecule has 0 radical (unpaired) electrons. The lowest BCUT2D eigenvalue weighted by Crippen LogP contribution is -2.36. The number of anilines is 2. The normalized spacial score (nSPS) is 13.2. The Morgan fingerprint density at radius 3 is 2.44 bits per heavy atom. The summed E-state index contributed by atoms with van der Waals surface area (Å²) in [6, 6.07) is 9.79. The fourth-order valence-electron chi connectivity index (χ4n) is 3.57. The van der Waals surface area contributed by atoms with E-state index >= 15 is 0 Å². The lowest BCUT2D eigenvalue weighted by Gasteiger charge is -2.28. The van der Waals surface area contributed by atoms with Crippen LogP contribution >= 0.6 is 0 Å². The molecule has 0 bridgehead atoms. The minimum atomic E-state index is -0.687. The predicted octanol–water partition coefficient (Wildman–Crippen LogP) is 2.55. The van der Waals surface area contributed by atoms with Gasteiger partial charge in [-0.3, -0.25) is 19.7 Å². The van der Waals surface area contributed by atoms with Crippen LogP contribution in [0.15, 0.2) is 36.4 Å². The zero-order valence-electron chi connectivity index (χ0n) is 19.4. The van der Waals surface area contributed by atoms with E-state index in [1.165, 1.54) is 20.2 Å². The standard InChI is InChI=1S/C23H28N4O7/c1-4-34-21-13-18(19(27(30)31)14-20(21)32-3)23(29)25(2)15-22(28)24-16-5-7-17(8-6-16)26-9-11-33-12-10-26/h5-8,13-14H,4,9-12,15H2,1-3H3,(H,24,28). The summed E-state index contributed by atoms with van der Waals surface area (Å²) in [6.07, 6.45) is 0. The number of nitro groups is 1. The van der Waals surface area contributed by atoms with Crippen molar-refractivity contribution in [2.75, 3.05) is 63.8 Å². The smallest absolute Gasteiger partial charge is 0.286 e. The second-order valence-electron chi connectivity index (χ2n) is 7.57. The van der Waals surface area contributed by atoms with Crippen molar-refractivity contribution < 1.29 is 28.7 Å². The van der Waals surface area contributed by atoms with Gasteiger partial charge < -0.3 is 29.3 Å². The predicted molar refractivity (Wildman–Crippen MR) is 126 cm³/mol. The Hall–Kier alpha value is -3.86. The number of methoxy groups -OCH3 is 1. The molecule has 11 nitrogen and oxygen atoms in total. The summed E-state index contributed by atoms with van der Waals surface area (Å²) in [7, 11) is 2.75. The van der Waals surface area contributed by atoms with Gasteiger partial charge in [0.2, 0.25) is 5.91 Å². The SMILES string of the molecule is CCOc1cc(C(=O)N(C)CC(=O)Nc2ccc(N3CCOCC3)cc2)c([N+](=O)[O-])cc1OC. The number of amides is 2. The average Bonchev–Trinajstić information content (AvgIpc) is 2.84. The van der Waals surface area contributed by atoms with Crippen LogP contribution < -0.4 is 19.7 Å². The van der Waals surface area contributed by atoms with Gasteiger partial charge >= 0.3 is 0 Å². The van der Waals surface area contributed by atoms with Gasteiger partial charge in [-0.1, -0.05) is 0 Å². The van der Waals surface area contributed by atoms with E-state index in [0.717, 1.165) is 29.7 Å². The Bertz CT molecular complexity index is 1040. The summed E-state index contributed by atoms with van der Waals surface area (Å²) >= 11 is 0. The van der Waals surface area contributed by atoms with Crippen molar-refractivity contribution in [2.45, 2.75) is 6.92 Å². The molecule has 0 aromatic heterocycles. The maximum absolute atomic E-state index is 13.0. The van der Waals surface area contributed by atoms with E-state index in [1.807, 2.05) is 12.1 Å². The number of hydrogen-bond donors (Lipinski definition) is 1. The topological polar surface area (TPSA) is 123 Å². The van der Waals surface area contributed by atoms with Gasteiger partial charge in [0.05, 0.1) is 44.5 Å². The first-order chi connectivity index (χ1) is 16.3. The van der Waals surface area contributed by atoms with E-state index in [0.29, 0.717) is 18.9 Å². The van der Waals surface area contributed by atoms with Gasteiger partial charge in [0.25, 0.3) is 11.6 Å². The fourth-order valence-corrected chi connectivity index (χ4v) is 3.57. The van der Waals surface area contributed by atoms with Crippen molar-refractivity contribution in [3.8, 4) is 11.5 Å². The summed E-state index contributed by atoms with van der Waals surface area (Å²) in [6.45, 7) is 4.70. The first-order valence-electron chi connectivity index (χ1n) is 10.8. The average molecular weight is 472 g/mol. The van der Waals surface area contributed by atoms with Crippen LogP contribution in [0.25, 0.3) is 0 Å². The number of carbonyl (C=O) groups is 2. The molecule has 11 heteroatoms. The molecule has 2 amide bonds. The monoisotopic (exact) mass is 472 g/mol. The van der Waals surface area contributed by atoms with Crippen LogP contribution in [-0.4, -0.2) is 75.2 Å². The third-order valence-electron chi connectivity index (χ3n) is 5.26. The largest absolute Gasteiger partial charge is 0.493 e. The number of benzene rings is 2. The van der Waals surface area contributed by atoms with Crippen molar-refractivity contribution in [1.29, 1.82) is 0 Å². The van der Waals surface area contributed by atoms with Crippen LogP contribution in [0, 0.1) is 10.1 Å². The molecule has 0 unspecified atom stereocenters. The molecule has 0 saturated carbocycles. The van der Waals surface area contributed by atoms with E-state index in [2.05, 4.69) is 10.2 Å².